The molecule has 1 rings (SSSR count). The van der Waals surface area contributed by atoms with Crippen LogP contribution in [0.2, 0.25) is 0 Å². The van der Waals surface area contributed by atoms with Gasteiger partial charge in [0.15, 0.2) is 5.96 Å². The molecule has 1 aromatic rings. The number of amides is 2. The number of aliphatic hydroxyl groups excluding tert-OH is 1. The molecular formula is C18H30N6O5S. The van der Waals surface area contributed by atoms with Crippen molar-refractivity contribution < 1.29 is 23.1 Å². The van der Waals surface area contributed by atoms with Crippen LogP contribution in [0.25, 0.3) is 0 Å². The quantitative estimate of drug-likeness (QED) is 0.108. The fourth-order valence-corrected chi connectivity index (χ4v) is 3.77. The highest BCUT2D eigenvalue weighted by Gasteiger charge is 2.26. The Morgan fingerprint density at radius 2 is 1.70 bits per heavy atom. The third-order valence-corrected chi connectivity index (χ3v) is 5.35. The number of guanidine groups is 1. The number of carbonyl (C=O) groups excluding carboxylic acids is 2. The van der Waals surface area contributed by atoms with Gasteiger partial charge in [0.25, 0.3) is 0 Å². The maximum Gasteiger partial charge on any atom is 0.242 e. The van der Waals surface area contributed by atoms with E-state index in [1.165, 1.54) is 6.92 Å². The van der Waals surface area contributed by atoms with Gasteiger partial charge in [0.1, 0.15) is 12.1 Å². The highest BCUT2D eigenvalue weighted by Crippen LogP contribution is 2.05. The van der Waals surface area contributed by atoms with E-state index in [2.05, 4.69) is 20.7 Å². The van der Waals surface area contributed by atoms with E-state index in [-0.39, 0.29) is 11.7 Å². The van der Waals surface area contributed by atoms with E-state index in [1.54, 1.807) is 30.3 Å². The Kier molecular flexibility index (Phi) is 10.8. The first-order valence-corrected chi connectivity index (χ1v) is 11.1. The fraction of sp³-hybridized carbons (Fsp3) is 0.500. The van der Waals surface area contributed by atoms with Crippen molar-refractivity contribution in [2.45, 2.75) is 37.6 Å². The van der Waals surface area contributed by atoms with Gasteiger partial charge >= 0.3 is 0 Å². The molecule has 0 heterocycles. The molecular weight excluding hydrogens is 412 g/mol. The largest absolute Gasteiger partial charge is 0.394 e. The Morgan fingerprint density at radius 3 is 2.27 bits per heavy atom. The summed E-state index contributed by atoms with van der Waals surface area (Å²) in [6.07, 6.45) is 1.33. The van der Waals surface area contributed by atoms with Crippen LogP contribution in [0.1, 0.15) is 25.3 Å². The van der Waals surface area contributed by atoms with Gasteiger partial charge in [0.05, 0.1) is 12.4 Å². The predicted molar refractivity (Wildman–Crippen MR) is 113 cm³/mol. The van der Waals surface area contributed by atoms with Gasteiger partial charge in [-0.15, -0.1) is 0 Å². The number of benzene rings is 1. The highest BCUT2D eigenvalue weighted by molar-refractivity contribution is 7.88. The molecule has 0 fully saturated rings. The van der Waals surface area contributed by atoms with E-state index in [0.717, 1.165) is 0 Å². The van der Waals surface area contributed by atoms with Crippen LogP contribution in [-0.2, 0) is 25.4 Å². The Balaban J connectivity index is 2.45. The van der Waals surface area contributed by atoms with E-state index in [9.17, 15) is 23.1 Å². The fourth-order valence-electron chi connectivity index (χ4n) is 2.44. The summed E-state index contributed by atoms with van der Waals surface area (Å²) in [6.45, 7) is 1.58. The molecule has 2 amide bonds. The minimum absolute atomic E-state index is 0.117. The summed E-state index contributed by atoms with van der Waals surface area (Å²) in [5.74, 6) is -1.70. The van der Waals surface area contributed by atoms with E-state index in [0.29, 0.717) is 31.5 Å². The number of sulfonamides is 1. The van der Waals surface area contributed by atoms with Gasteiger partial charge in [-0.2, -0.15) is 0 Å². The van der Waals surface area contributed by atoms with Gasteiger partial charge in [-0.25, -0.2) is 13.1 Å². The van der Waals surface area contributed by atoms with Crippen molar-refractivity contribution in [1.29, 1.82) is 5.41 Å². The van der Waals surface area contributed by atoms with Gasteiger partial charge in [0, 0.05) is 13.1 Å². The van der Waals surface area contributed by atoms with Crippen molar-refractivity contribution >= 4 is 27.8 Å². The molecule has 0 aliphatic carbocycles. The number of nitrogens with two attached hydrogens (primary N) is 1. The number of hydrogen-bond donors (Lipinski definition) is 7. The number of aliphatic hydroxyl groups is 1. The first-order valence-electron chi connectivity index (χ1n) is 9.45. The van der Waals surface area contributed by atoms with Crippen LogP contribution in [0.4, 0.5) is 0 Å². The van der Waals surface area contributed by atoms with E-state index in [4.69, 9.17) is 11.1 Å². The average Bonchev–Trinajstić information content (AvgIpc) is 2.68. The zero-order valence-electron chi connectivity index (χ0n) is 16.8. The summed E-state index contributed by atoms with van der Waals surface area (Å²) in [5, 5.41) is 24.1. The van der Waals surface area contributed by atoms with Gasteiger partial charge < -0.3 is 26.8 Å². The SMILES string of the molecule is C[C@H](NC(=O)[C@@H](CO)NS(=O)(=O)Cc1ccccc1)C(=O)NCCCCNC(=N)N. The molecule has 0 bridgehead atoms. The lowest BCUT2D eigenvalue weighted by atomic mass is 10.2. The first-order chi connectivity index (χ1) is 14.1. The molecule has 0 aliphatic heterocycles. The second-order valence-corrected chi connectivity index (χ2v) is 8.42. The van der Waals surface area contributed by atoms with Gasteiger partial charge in [0.2, 0.25) is 21.8 Å². The van der Waals surface area contributed by atoms with E-state index in [1.807, 2.05) is 0 Å². The number of carbonyl (C=O) groups is 2. The Morgan fingerprint density at radius 1 is 1.10 bits per heavy atom. The molecule has 11 nitrogen and oxygen atoms in total. The molecule has 2 atom stereocenters. The van der Waals surface area contributed by atoms with Crippen molar-refractivity contribution in [2.24, 2.45) is 5.73 Å². The number of nitrogens with one attached hydrogen (secondary N) is 5. The predicted octanol–water partition coefficient (Wildman–Crippen LogP) is -1.65. The molecule has 0 aromatic heterocycles. The molecule has 0 spiro atoms. The van der Waals surface area contributed by atoms with Gasteiger partial charge in [-0.1, -0.05) is 30.3 Å². The highest BCUT2D eigenvalue weighted by atomic mass is 32.2. The molecule has 30 heavy (non-hydrogen) atoms. The third-order valence-electron chi connectivity index (χ3n) is 3.99. The molecule has 168 valence electrons. The molecule has 12 heteroatoms. The number of hydrogen-bond acceptors (Lipinski definition) is 6. The smallest absolute Gasteiger partial charge is 0.242 e. The summed E-state index contributed by atoms with van der Waals surface area (Å²) in [7, 11) is -3.88. The maximum atomic E-state index is 12.3. The van der Waals surface area contributed by atoms with Crippen LogP contribution < -0.4 is 26.4 Å². The van der Waals surface area contributed by atoms with Crippen LogP contribution >= 0.6 is 0 Å². The van der Waals surface area contributed by atoms with E-state index < -0.39 is 40.5 Å². The summed E-state index contributed by atoms with van der Waals surface area (Å²) >= 11 is 0. The topological polar surface area (TPSA) is 186 Å². The lowest BCUT2D eigenvalue weighted by Crippen LogP contribution is -2.54. The molecule has 0 radical (unpaired) electrons. The standard InChI is InChI=1S/C18H30N6O5S/c1-13(16(26)21-9-5-6-10-22-18(19)20)23-17(27)15(11-25)24-30(28,29)12-14-7-3-2-4-8-14/h2-4,7-8,13,15,24-25H,5-6,9-12H2,1H3,(H,21,26)(H,23,27)(H4,19,20,22)/t13-,15+/m0/s1. The number of rotatable bonds is 13. The molecule has 0 unspecified atom stereocenters. The second kappa shape index (κ2) is 12.8. The van der Waals surface area contributed by atoms with Crippen LogP contribution in [0.5, 0.6) is 0 Å². The monoisotopic (exact) mass is 442 g/mol. The van der Waals surface area contributed by atoms with Crippen molar-refractivity contribution in [2.75, 3.05) is 19.7 Å². The third kappa shape index (κ3) is 10.2. The average molecular weight is 443 g/mol. The molecule has 8 N–H and O–H groups in total. The van der Waals surface area contributed by atoms with Gasteiger partial charge in [-0.05, 0) is 25.3 Å². The summed E-state index contributed by atoms with van der Waals surface area (Å²) in [6, 6.07) is 6.09. The second-order valence-electron chi connectivity index (χ2n) is 6.67. The maximum absolute atomic E-state index is 12.3. The number of unbranched alkanes of at least 4 members (excludes halogenated alkanes) is 1. The van der Waals surface area contributed by atoms with Crippen LogP contribution in [-0.4, -0.2) is 63.1 Å². The van der Waals surface area contributed by atoms with Crippen molar-refractivity contribution in [3.8, 4) is 0 Å². The summed E-state index contributed by atoms with van der Waals surface area (Å²) in [5.41, 5.74) is 5.69. The van der Waals surface area contributed by atoms with E-state index >= 15 is 0 Å². The summed E-state index contributed by atoms with van der Waals surface area (Å²) in [4.78, 5) is 24.3. The molecule has 0 saturated carbocycles. The van der Waals surface area contributed by atoms with Gasteiger partial charge in [-0.3, -0.25) is 15.0 Å². The summed E-state index contributed by atoms with van der Waals surface area (Å²) < 4.78 is 26.7. The molecule has 0 aliphatic rings. The lowest BCUT2D eigenvalue weighted by molar-refractivity contribution is -0.129. The molecule has 1 aromatic carbocycles. The minimum atomic E-state index is -3.88. The van der Waals surface area contributed by atoms with Crippen molar-refractivity contribution in [3.05, 3.63) is 35.9 Å². The first kappa shape index (κ1) is 25.3. The van der Waals surface area contributed by atoms with Crippen LogP contribution in [0, 0.1) is 5.41 Å². The molecule has 0 saturated heterocycles. The Hall–Kier alpha value is -2.70. The zero-order chi connectivity index (χ0) is 22.6. The van der Waals surface area contributed by atoms with Crippen molar-refractivity contribution in [1.82, 2.24) is 20.7 Å². The van der Waals surface area contributed by atoms with Crippen molar-refractivity contribution in [3.63, 3.8) is 0 Å². The Labute approximate surface area is 176 Å². The zero-order valence-corrected chi connectivity index (χ0v) is 17.7. The lowest BCUT2D eigenvalue weighted by Gasteiger charge is -2.19. The Bertz CT molecular complexity index is 803. The van der Waals surface area contributed by atoms with Crippen LogP contribution in [0.15, 0.2) is 30.3 Å². The minimum Gasteiger partial charge on any atom is -0.394 e. The normalized spacial score (nSPS) is 13.1. The van der Waals surface area contributed by atoms with Crippen LogP contribution in [0.3, 0.4) is 0 Å².